The summed E-state index contributed by atoms with van der Waals surface area (Å²) in [5, 5.41) is 3.19. The van der Waals surface area contributed by atoms with E-state index in [-0.39, 0.29) is 0 Å². The third-order valence-corrected chi connectivity index (χ3v) is 1.73. The Morgan fingerprint density at radius 3 is 2.47 bits per heavy atom. The van der Waals surface area contributed by atoms with Crippen LogP contribution in [0.5, 0.6) is 0 Å². The van der Waals surface area contributed by atoms with Gasteiger partial charge >= 0.3 is 0 Å². The fraction of sp³-hybridized carbons (Fsp3) is 0.818. The molecule has 1 N–H and O–H groups in total. The normalized spacial score (nSPS) is 10.5. The standard InChI is InChI=1S/C11H23NO3/c1-4-12-9-11(2)10-15-8-7-14-6-5-13-3/h12H,2,4-10H2,1,3H3. The molecule has 4 heteroatoms. The van der Waals surface area contributed by atoms with Crippen LogP contribution in [0.2, 0.25) is 0 Å². The Kier molecular flexibility index (Phi) is 11.3. The molecule has 0 saturated heterocycles. The van der Waals surface area contributed by atoms with E-state index in [2.05, 4.69) is 18.8 Å². The molecule has 0 saturated carbocycles. The predicted molar refractivity (Wildman–Crippen MR) is 61.2 cm³/mol. The summed E-state index contributed by atoms with van der Waals surface area (Å²) < 4.78 is 15.5. The van der Waals surface area contributed by atoms with Gasteiger partial charge in [0.2, 0.25) is 0 Å². The Bertz CT molecular complexity index is 151. The third-order valence-electron chi connectivity index (χ3n) is 1.73. The molecule has 0 rings (SSSR count). The van der Waals surface area contributed by atoms with Crippen LogP contribution in [0, 0.1) is 0 Å². The van der Waals surface area contributed by atoms with Gasteiger partial charge < -0.3 is 19.5 Å². The second-order valence-electron chi connectivity index (χ2n) is 3.19. The molecule has 0 aromatic rings. The first kappa shape index (κ1) is 14.6. The zero-order valence-electron chi connectivity index (χ0n) is 9.88. The van der Waals surface area contributed by atoms with Gasteiger partial charge in [0.15, 0.2) is 0 Å². The summed E-state index contributed by atoms with van der Waals surface area (Å²) in [6, 6.07) is 0. The van der Waals surface area contributed by atoms with Crippen molar-refractivity contribution in [3.05, 3.63) is 12.2 Å². The van der Waals surface area contributed by atoms with E-state index in [9.17, 15) is 0 Å². The quantitative estimate of drug-likeness (QED) is 0.411. The van der Waals surface area contributed by atoms with Crippen LogP contribution in [0.4, 0.5) is 0 Å². The molecule has 0 aliphatic rings. The molecule has 0 spiro atoms. The van der Waals surface area contributed by atoms with Crippen molar-refractivity contribution in [3.8, 4) is 0 Å². The van der Waals surface area contributed by atoms with Crippen LogP contribution >= 0.6 is 0 Å². The maximum absolute atomic E-state index is 5.37. The van der Waals surface area contributed by atoms with Gasteiger partial charge in [-0.25, -0.2) is 0 Å². The molecule has 4 nitrogen and oxygen atoms in total. The highest BCUT2D eigenvalue weighted by Crippen LogP contribution is 1.89. The van der Waals surface area contributed by atoms with Crippen LogP contribution < -0.4 is 5.32 Å². The monoisotopic (exact) mass is 217 g/mol. The minimum absolute atomic E-state index is 0.598. The highest BCUT2D eigenvalue weighted by Gasteiger charge is 1.94. The molecule has 0 heterocycles. The highest BCUT2D eigenvalue weighted by atomic mass is 16.5. The second-order valence-corrected chi connectivity index (χ2v) is 3.19. The summed E-state index contributed by atoms with van der Waals surface area (Å²) in [7, 11) is 1.66. The SMILES string of the molecule is C=C(CNCC)COCCOCCOC. The van der Waals surface area contributed by atoms with Crippen LogP contribution in [0.15, 0.2) is 12.2 Å². The van der Waals surface area contributed by atoms with Crippen molar-refractivity contribution in [1.29, 1.82) is 0 Å². The number of hydrogen-bond donors (Lipinski definition) is 1. The molecule has 0 bridgehead atoms. The van der Waals surface area contributed by atoms with Crippen LogP contribution in [0.25, 0.3) is 0 Å². The van der Waals surface area contributed by atoms with Crippen molar-refractivity contribution in [2.75, 3.05) is 53.2 Å². The summed E-state index contributed by atoms with van der Waals surface area (Å²) in [5.74, 6) is 0. The molecule has 0 unspecified atom stereocenters. The van der Waals surface area contributed by atoms with Gasteiger partial charge in [-0.3, -0.25) is 0 Å². The lowest BCUT2D eigenvalue weighted by molar-refractivity contribution is 0.0299. The Labute approximate surface area is 92.6 Å². The summed E-state index contributed by atoms with van der Waals surface area (Å²) in [4.78, 5) is 0. The first-order valence-corrected chi connectivity index (χ1v) is 5.33. The highest BCUT2D eigenvalue weighted by molar-refractivity contribution is 4.96. The van der Waals surface area contributed by atoms with E-state index in [0.717, 1.165) is 18.7 Å². The van der Waals surface area contributed by atoms with Crippen LogP contribution in [-0.2, 0) is 14.2 Å². The van der Waals surface area contributed by atoms with Gasteiger partial charge in [0.05, 0.1) is 33.0 Å². The maximum atomic E-state index is 5.37. The van der Waals surface area contributed by atoms with Crippen molar-refractivity contribution in [2.45, 2.75) is 6.92 Å². The number of rotatable bonds is 11. The van der Waals surface area contributed by atoms with E-state index < -0.39 is 0 Å². The van der Waals surface area contributed by atoms with Gasteiger partial charge in [0.1, 0.15) is 0 Å². The molecule has 0 amide bonds. The molecule has 0 aliphatic heterocycles. The van der Waals surface area contributed by atoms with Crippen molar-refractivity contribution in [2.24, 2.45) is 0 Å². The van der Waals surface area contributed by atoms with Crippen molar-refractivity contribution < 1.29 is 14.2 Å². The topological polar surface area (TPSA) is 39.7 Å². The Balaban J connectivity index is 3.06. The molecule has 0 radical (unpaired) electrons. The largest absolute Gasteiger partial charge is 0.382 e. The van der Waals surface area contributed by atoms with Crippen molar-refractivity contribution in [3.63, 3.8) is 0 Å². The van der Waals surface area contributed by atoms with Gasteiger partial charge in [-0.2, -0.15) is 0 Å². The summed E-state index contributed by atoms with van der Waals surface area (Å²) >= 11 is 0. The third kappa shape index (κ3) is 11.5. The Hall–Kier alpha value is -0.420. The second kappa shape index (κ2) is 11.7. The maximum Gasteiger partial charge on any atom is 0.0704 e. The van der Waals surface area contributed by atoms with E-state index in [4.69, 9.17) is 14.2 Å². The molecule has 0 atom stereocenters. The summed E-state index contributed by atoms with van der Waals surface area (Å²) in [6.45, 7) is 10.8. The number of nitrogens with one attached hydrogen (secondary N) is 1. The van der Waals surface area contributed by atoms with Crippen LogP contribution in [0.3, 0.4) is 0 Å². The smallest absolute Gasteiger partial charge is 0.0704 e. The average molecular weight is 217 g/mol. The fourth-order valence-electron chi connectivity index (χ4n) is 0.931. The van der Waals surface area contributed by atoms with E-state index in [1.165, 1.54) is 0 Å². The van der Waals surface area contributed by atoms with Gasteiger partial charge in [-0.1, -0.05) is 13.5 Å². The fourth-order valence-corrected chi connectivity index (χ4v) is 0.931. The summed E-state index contributed by atoms with van der Waals surface area (Å²) in [5.41, 5.74) is 1.06. The molecule has 0 aliphatic carbocycles. The van der Waals surface area contributed by atoms with Gasteiger partial charge in [-0.05, 0) is 12.1 Å². The summed E-state index contributed by atoms with van der Waals surface area (Å²) in [6.07, 6.45) is 0. The molecular weight excluding hydrogens is 194 g/mol. The lowest BCUT2D eigenvalue weighted by atomic mass is 10.3. The minimum atomic E-state index is 0.598. The molecule has 90 valence electrons. The molecule has 0 fully saturated rings. The minimum Gasteiger partial charge on any atom is -0.382 e. The van der Waals surface area contributed by atoms with Crippen molar-refractivity contribution >= 4 is 0 Å². The van der Waals surface area contributed by atoms with E-state index >= 15 is 0 Å². The first-order chi connectivity index (χ1) is 7.31. The number of likely N-dealkylation sites (N-methyl/N-ethyl adjacent to an activating group) is 1. The van der Waals surface area contributed by atoms with Crippen molar-refractivity contribution in [1.82, 2.24) is 5.32 Å². The van der Waals surface area contributed by atoms with Gasteiger partial charge in [-0.15, -0.1) is 0 Å². The molecule has 0 aromatic carbocycles. The van der Waals surface area contributed by atoms with Crippen LogP contribution in [-0.4, -0.2) is 53.2 Å². The Morgan fingerprint density at radius 1 is 1.13 bits per heavy atom. The van der Waals surface area contributed by atoms with E-state index in [0.29, 0.717) is 33.0 Å². The molecule has 15 heavy (non-hydrogen) atoms. The Morgan fingerprint density at radius 2 is 1.80 bits per heavy atom. The predicted octanol–water partition coefficient (Wildman–Crippen LogP) is 0.832. The van der Waals surface area contributed by atoms with E-state index in [1.54, 1.807) is 7.11 Å². The van der Waals surface area contributed by atoms with Crippen LogP contribution in [0.1, 0.15) is 6.92 Å². The lowest BCUT2D eigenvalue weighted by Gasteiger charge is -2.08. The average Bonchev–Trinajstić information content (AvgIpc) is 2.25. The lowest BCUT2D eigenvalue weighted by Crippen LogP contribution is -2.18. The number of hydrogen-bond acceptors (Lipinski definition) is 4. The zero-order chi connectivity index (χ0) is 11.4. The van der Waals surface area contributed by atoms with Gasteiger partial charge in [0.25, 0.3) is 0 Å². The zero-order valence-corrected chi connectivity index (χ0v) is 9.88. The van der Waals surface area contributed by atoms with E-state index in [1.807, 2.05) is 0 Å². The first-order valence-electron chi connectivity index (χ1n) is 5.33. The molecular formula is C11H23NO3. The number of methoxy groups -OCH3 is 1. The number of ether oxygens (including phenoxy) is 3. The molecule has 0 aromatic heterocycles. The van der Waals surface area contributed by atoms with Gasteiger partial charge in [0, 0.05) is 13.7 Å².